The summed E-state index contributed by atoms with van der Waals surface area (Å²) in [4.78, 5) is 0. The molecule has 1 aromatic rings. The molecule has 0 aliphatic heterocycles. The molecule has 0 heterocycles. The summed E-state index contributed by atoms with van der Waals surface area (Å²) in [7, 11) is -3.26. The van der Waals surface area contributed by atoms with Gasteiger partial charge in [-0.25, -0.2) is 8.42 Å². The molecule has 0 radical (unpaired) electrons. The molecule has 0 aromatic heterocycles. The summed E-state index contributed by atoms with van der Waals surface area (Å²) in [6.07, 6.45) is 0.578. The second-order valence-corrected chi connectivity index (χ2v) is 5.75. The van der Waals surface area contributed by atoms with Crippen molar-refractivity contribution in [1.29, 1.82) is 0 Å². The number of hydrogen-bond donors (Lipinski definition) is 2. The van der Waals surface area contributed by atoms with Crippen LogP contribution in [0.1, 0.15) is 24.5 Å². The smallest absolute Gasteiger partial charge is 0.232 e. The van der Waals surface area contributed by atoms with Crippen LogP contribution in [0.4, 0.5) is 5.69 Å². The average Bonchev–Trinajstić information content (AvgIpc) is 2.27. The van der Waals surface area contributed by atoms with Gasteiger partial charge in [0.25, 0.3) is 0 Å². The zero-order chi connectivity index (χ0) is 13.6. The fourth-order valence-electron chi connectivity index (χ4n) is 1.50. The Morgan fingerprint density at radius 2 is 2.11 bits per heavy atom. The molecule has 98 valence electrons. The van der Waals surface area contributed by atoms with Crippen molar-refractivity contribution >= 4 is 15.7 Å². The second-order valence-electron chi connectivity index (χ2n) is 3.91. The van der Waals surface area contributed by atoms with Crippen LogP contribution in [0.5, 0.6) is 0 Å². The van der Waals surface area contributed by atoms with E-state index in [0.717, 1.165) is 11.1 Å². The van der Waals surface area contributed by atoms with Crippen molar-refractivity contribution in [1.82, 2.24) is 0 Å². The second kappa shape index (κ2) is 6.43. The molecular formula is C13H17NO3S. The molecule has 4 nitrogen and oxygen atoms in total. The molecule has 0 amide bonds. The molecule has 0 unspecified atom stereocenters. The molecule has 0 saturated heterocycles. The van der Waals surface area contributed by atoms with Crippen molar-refractivity contribution in [2.75, 3.05) is 17.1 Å². The molecule has 0 saturated carbocycles. The van der Waals surface area contributed by atoms with Gasteiger partial charge in [0.1, 0.15) is 6.61 Å². The number of aryl methyl sites for hydroxylation is 1. The lowest BCUT2D eigenvalue weighted by atomic mass is 10.1. The van der Waals surface area contributed by atoms with Gasteiger partial charge in [0.05, 0.1) is 5.75 Å². The summed E-state index contributed by atoms with van der Waals surface area (Å²) in [5.74, 6) is 5.47. The van der Waals surface area contributed by atoms with Gasteiger partial charge >= 0.3 is 0 Å². The van der Waals surface area contributed by atoms with Gasteiger partial charge in [-0.05, 0) is 37.1 Å². The Bertz CT molecular complexity index is 568. The van der Waals surface area contributed by atoms with Crippen molar-refractivity contribution in [3.8, 4) is 11.8 Å². The van der Waals surface area contributed by atoms with Crippen molar-refractivity contribution in [2.45, 2.75) is 20.3 Å². The van der Waals surface area contributed by atoms with Gasteiger partial charge in [0.2, 0.25) is 10.0 Å². The summed E-state index contributed by atoms with van der Waals surface area (Å²) >= 11 is 0. The maximum absolute atomic E-state index is 11.6. The van der Waals surface area contributed by atoms with Crippen LogP contribution >= 0.6 is 0 Å². The Morgan fingerprint density at radius 1 is 1.39 bits per heavy atom. The zero-order valence-electron chi connectivity index (χ0n) is 10.5. The van der Waals surface area contributed by atoms with Crippen LogP contribution < -0.4 is 4.72 Å². The third-order valence-corrected chi connectivity index (χ3v) is 3.77. The third-order valence-electron chi connectivity index (χ3n) is 2.27. The fraction of sp³-hybridized carbons (Fsp3) is 0.385. The molecular weight excluding hydrogens is 250 g/mol. The van der Waals surface area contributed by atoms with Crippen LogP contribution in [-0.4, -0.2) is 25.9 Å². The molecule has 0 spiro atoms. The number of aliphatic hydroxyl groups is 1. The topological polar surface area (TPSA) is 66.4 Å². The molecule has 18 heavy (non-hydrogen) atoms. The van der Waals surface area contributed by atoms with E-state index in [4.69, 9.17) is 5.11 Å². The lowest BCUT2D eigenvalue weighted by Gasteiger charge is -2.08. The van der Waals surface area contributed by atoms with E-state index >= 15 is 0 Å². The maximum atomic E-state index is 11.6. The lowest BCUT2D eigenvalue weighted by molar-refractivity contribution is 0.350. The molecule has 0 aliphatic carbocycles. The van der Waals surface area contributed by atoms with Crippen molar-refractivity contribution in [3.05, 3.63) is 29.3 Å². The summed E-state index contributed by atoms with van der Waals surface area (Å²) in [6, 6.07) is 5.14. The van der Waals surface area contributed by atoms with Gasteiger partial charge in [0, 0.05) is 11.3 Å². The summed E-state index contributed by atoms with van der Waals surface area (Å²) in [5.41, 5.74) is 2.19. The lowest BCUT2D eigenvalue weighted by Crippen LogP contribution is -2.16. The Labute approximate surface area is 108 Å². The SMILES string of the molecule is CCCS(=O)(=O)Nc1ccc(C#CCO)c(C)c1. The minimum atomic E-state index is -3.26. The molecule has 1 aromatic carbocycles. The monoisotopic (exact) mass is 267 g/mol. The Kier molecular flexibility index (Phi) is 5.20. The van der Waals surface area contributed by atoms with Crippen LogP contribution in [-0.2, 0) is 10.0 Å². The van der Waals surface area contributed by atoms with E-state index in [1.807, 2.05) is 13.8 Å². The number of rotatable bonds is 4. The van der Waals surface area contributed by atoms with Crippen LogP contribution in [0.15, 0.2) is 18.2 Å². The maximum Gasteiger partial charge on any atom is 0.232 e. The number of benzene rings is 1. The van der Waals surface area contributed by atoms with Gasteiger partial charge in [-0.15, -0.1) is 0 Å². The third kappa shape index (κ3) is 4.40. The summed E-state index contributed by atoms with van der Waals surface area (Å²) in [5, 5.41) is 8.62. The number of hydrogen-bond acceptors (Lipinski definition) is 3. The van der Waals surface area contributed by atoms with Gasteiger partial charge in [0.15, 0.2) is 0 Å². The highest BCUT2D eigenvalue weighted by Crippen LogP contribution is 2.16. The molecule has 0 fully saturated rings. The van der Waals surface area contributed by atoms with E-state index in [2.05, 4.69) is 16.6 Å². The van der Waals surface area contributed by atoms with E-state index < -0.39 is 10.0 Å². The minimum absolute atomic E-state index is 0.109. The number of aliphatic hydroxyl groups excluding tert-OH is 1. The predicted molar refractivity (Wildman–Crippen MR) is 72.8 cm³/mol. The quantitative estimate of drug-likeness (QED) is 0.812. The van der Waals surface area contributed by atoms with Gasteiger partial charge in [-0.1, -0.05) is 18.8 Å². The van der Waals surface area contributed by atoms with Gasteiger partial charge < -0.3 is 5.11 Å². The standard InChI is InChI=1S/C13H17NO3S/c1-3-9-18(16,17)14-13-7-6-12(5-4-8-15)11(2)10-13/h6-7,10,14-15H,3,8-9H2,1-2H3. The highest BCUT2D eigenvalue weighted by molar-refractivity contribution is 7.92. The van der Waals surface area contributed by atoms with E-state index in [9.17, 15) is 8.42 Å². The number of sulfonamides is 1. The first-order valence-corrected chi connectivity index (χ1v) is 7.34. The van der Waals surface area contributed by atoms with E-state index in [1.165, 1.54) is 0 Å². The first-order chi connectivity index (χ1) is 8.48. The first kappa shape index (κ1) is 14.6. The number of anilines is 1. The fourth-order valence-corrected chi connectivity index (χ4v) is 2.63. The van der Waals surface area contributed by atoms with Gasteiger partial charge in [-0.3, -0.25) is 4.72 Å². The van der Waals surface area contributed by atoms with Crippen molar-refractivity contribution in [2.24, 2.45) is 0 Å². The molecule has 5 heteroatoms. The van der Waals surface area contributed by atoms with Crippen LogP contribution in [0.3, 0.4) is 0 Å². The van der Waals surface area contributed by atoms with Crippen LogP contribution in [0, 0.1) is 18.8 Å². The van der Waals surface area contributed by atoms with Crippen LogP contribution in [0.25, 0.3) is 0 Å². The zero-order valence-corrected chi connectivity index (χ0v) is 11.3. The molecule has 0 bridgehead atoms. The Morgan fingerprint density at radius 3 is 2.67 bits per heavy atom. The van der Waals surface area contributed by atoms with E-state index in [0.29, 0.717) is 12.1 Å². The highest BCUT2D eigenvalue weighted by Gasteiger charge is 2.09. The normalized spacial score (nSPS) is 10.6. The Balaban J connectivity index is 2.92. The number of nitrogens with one attached hydrogen (secondary N) is 1. The molecule has 1 rings (SSSR count). The molecule has 0 atom stereocenters. The molecule has 2 N–H and O–H groups in total. The first-order valence-electron chi connectivity index (χ1n) is 5.69. The minimum Gasteiger partial charge on any atom is -0.384 e. The van der Waals surface area contributed by atoms with E-state index in [-0.39, 0.29) is 12.4 Å². The largest absolute Gasteiger partial charge is 0.384 e. The Hall–Kier alpha value is -1.51. The molecule has 0 aliphatic rings. The van der Waals surface area contributed by atoms with Crippen molar-refractivity contribution < 1.29 is 13.5 Å². The highest BCUT2D eigenvalue weighted by atomic mass is 32.2. The van der Waals surface area contributed by atoms with Crippen LogP contribution in [0.2, 0.25) is 0 Å². The average molecular weight is 267 g/mol. The van der Waals surface area contributed by atoms with Gasteiger partial charge in [-0.2, -0.15) is 0 Å². The predicted octanol–water partition coefficient (Wildman–Crippen LogP) is 1.49. The summed E-state index contributed by atoms with van der Waals surface area (Å²) in [6.45, 7) is 3.47. The van der Waals surface area contributed by atoms with Crippen molar-refractivity contribution in [3.63, 3.8) is 0 Å². The summed E-state index contributed by atoms with van der Waals surface area (Å²) < 4.78 is 25.7. The van der Waals surface area contributed by atoms with E-state index in [1.54, 1.807) is 18.2 Å².